The van der Waals surface area contributed by atoms with Crippen LogP contribution in [0.4, 0.5) is 0 Å². The largest absolute Gasteiger partial charge is 0.396 e. The highest BCUT2D eigenvalue weighted by Gasteiger charge is 2.07. The van der Waals surface area contributed by atoms with Crippen LogP contribution in [-0.2, 0) is 0 Å². The van der Waals surface area contributed by atoms with Crippen molar-refractivity contribution in [3.63, 3.8) is 0 Å². The van der Waals surface area contributed by atoms with Crippen LogP contribution in [-0.4, -0.2) is 27.0 Å². The lowest BCUT2D eigenvalue weighted by Crippen LogP contribution is -1.99. The van der Waals surface area contributed by atoms with Crippen molar-refractivity contribution in [2.45, 2.75) is 19.0 Å². The first-order valence-corrected chi connectivity index (χ1v) is 6.55. The van der Waals surface area contributed by atoms with E-state index in [9.17, 15) is 0 Å². The van der Waals surface area contributed by atoms with Crippen molar-refractivity contribution in [1.82, 2.24) is 9.55 Å². The fraction of sp³-hybridized carbons (Fsp3) is 0.308. The van der Waals surface area contributed by atoms with E-state index in [1.807, 2.05) is 6.20 Å². The molecule has 0 spiro atoms. The van der Waals surface area contributed by atoms with Gasteiger partial charge in [0.15, 0.2) is 5.16 Å². The van der Waals surface area contributed by atoms with Crippen molar-refractivity contribution >= 4 is 11.8 Å². The molecule has 0 fully saturated rings. The van der Waals surface area contributed by atoms with Gasteiger partial charge in [-0.1, -0.05) is 29.5 Å². The molecule has 3 nitrogen and oxygen atoms in total. The van der Waals surface area contributed by atoms with E-state index in [0.717, 1.165) is 10.8 Å². The summed E-state index contributed by atoms with van der Waals surface area (Å²) in [6, 6.07) is 6.37. The Kier molecular flexibility index (Phi) is 3.86. The molecule has 17 heavy (non-hydrogen) atoms. The first kappa shape index (κ1) is 12.2. The predicted octanol–water partition coefficient (Wildman–Crippen LogP) is 2.57. The van der Waals surface area contributed by atoms with Crippen LogP contribution in [0.5, 0.6) is 0 Å². The summed E-state index contributed by atoms with van der Waals surface area (Å²) in [4.78, 5) is 4.31. The molecule has 0 aliphatic rings. The van der Waals surface area contributed by atoms with Crippen molar-refractivity contribution in [2.24, 2.45) is 0 Å². The number of benzene rings is 1. The zero-order chi connectivity index (χ0) is 12.3. The van der Waals surface area contributed by atoms with E-state index in [1.165, 1.54) is 11.1 Å². The summed E-state index contributed by atoms with van der Waals surface area (Å²) in [7, 11) is 0. The highest BCUT2D eigenvalue weighted by atomic mass is 32.2. The SMILES string of the molecule is Cc1ccc(-n2ccnc2SCCO)c(C)c1. The fourth-order valence-corrected chi connectivity index (χ4v) is 2.50. The number of aliphatic hydroxyl groups is 1. The van der Waals surface area contributed by atoms with Gasteiger partial charge in [0, 0.05) is 18.1 Å². The lowest BCUT2D eigenvalue weighted by atomic mass is 10.1. The molecule has 0 aliphatic carbocycles. The van der Waals surface area contributed by atoms with Crippen LogP contribution >= 0.6 is 11.8 Å². The summed E-state index contributed by atoms with van der Waals surface area (Å²) in [5.41, 5.74) is 3.64. The first-order chi connectivity index (χ1) is 8.22. The Morgan fingerprint density at radius 3 is 2.88 bits per heavy atom. The van der Waals surface area contributed by atoms with E-state index in [1.54, 1.807) is 18.0 Å². The monoisotopic (exact) mass is 248 g/mol. The molecular formula is C13H16N2OS. The molecule has 2 aromatic rings. The Morgan fingerprint density at radius 2 is 2.18 bits per heavy atom. The quantitative estimate of drug-likeness (QED) is 0.845. The maximum absolute atomic E-state index is 8.86. The second-order valence-electron chi connectivity index (χ2n) is 3.94. The van der Waals surface area contributed by atoms with E-state index in [2.05, 4.69) is 41.6 Å². The van der Waals surface area contributed by atoms with Gasteiger partial charge in [-0.25, -0.2) is 4.98 Å². The fourth-order valence-electron chi connectivity index (χ4n) is 1.79. The lowest BCUT2D eigenvalue weighted by Gasteiger charge is -2.10. The van der Waals surface area contributed by atoms with E-state index in [0.29, 0.717) is 5.75 Å². The zero-order valence-corrected chi connectivity index (χ0v) is 10.9. The number of thioether (sulfide) groups is 1. The van der Waals surface area contributed by atoms with Crippen LogP contribution < -0.4 is 0 Å². The summed E-state index contributed by atoms with van der Waals surface area (Å²) in [6.45, 7) is 4.36. The highest BCUT2D eigenvalue weighted by molar-refractivity contribution is 7.99. The molecule has 0 radical (unpaired) electrons. The molecule has 0 saturated heterocycles. The van der Waals surface area contributed by atoms with Crippen molar-refractivity contribution < 1.29 is 5.11 Å². The minimum atomic E-state index is 0.171. The Labute approximate surface area is 106 Å². The normalized spacial score (nSPS) is 10.8. The number of imidazole rings is 1. The van der Waals surface area contributed by atoms with Gasteiger partial charge in [0.2, 0.25) is 0 Å². The van der Waals surface area contributed by atoms with Gasteiger partial charge in [-0.2, -0.15) is 0 Å². The standard InChI is InChI=1S/C13H16N2OS/c1-10-3-4-12(11(2)9-10)15-6-5-14-13(15)17-8-7-16/h3-6,9,16H,7-8H2,1-2H3. The van der Waals surface area contributed by atoms with Gasteiger partial charge < -0.3 is 5.11 Å². The number of nitrogens with zero attached hydrogens (tertiary/aromatic N) is 2. The van der Waals surface area contributed by atoms with Crippen molar-refractivity contribution in [3.05, 3.63) is 41.7 Å². The maximum Gasteiger partial charge on any atom is 0.172 e. The molecule has 1 aromatic heterocycles. The van der Waals surface area contributed by atoms with Crippen LogP contribution in [0.15, 0.2) is 35.7 Å². The minimum Gasteiger partial charge on any atom is -0.396 e. The van der Waals surface area contributed by atoms with Crippen molar-refractivity contribution in [3.8, 4) is 5.69 Å². The van der Waals surface area contributed by atoms with Crippen LogP contribution in [0.3, 0.4) is 0 Å². The second-order valence-corrected chi connectivity index (χ2v) is 5.00. The zero-order valence-electron chi connectivity index (χ0n) is 10.1. The molecule has 0 bridgehead atoms. The Bertz CT molecular complexity index is 508. The smallest absolute Gasteiger partial charge is 0.172 e. The summed E-state index contributed by atoms with van der Waals surface area (Å²) < 4.78 is 2.06. The summed E-state index contributed by atoms with van der Waals surface area (Å²) in [5.74, 6) is 0.669. The van der Waals surface area contributed by atoms with Gasteiger partial charge in [0.25, 0.3) is 0 Å². The summed E-state index contributed by atoms with van der Waals surface area (Å²) in [6.07, 6.45) is 3.75. The van der Waals surface area contributed by atoms with Crippen molar-refractivity contribution in [1.29, 1.82) is 0 Å². The minimum absolute atomic E-state index is 0.171. The van der Waals surface area contributed by atoms with E-state index in [-0.39, 0.29) is 6.61 Å². The first-order valence-electron chi connectivity index (χ1n) is 5.57. The molecule has 1 N–H and O–H groups in total. The summed E-state index contributed by atoms with van der Waals surface area (Å²) >= 11 is 1.56. The highest BCUT2D eigenvalue weighted by Crippen LogP contribution is 2.22. The average molecular weight is 248 g/mol. The van der Waals surface area contributed by atoms with Crippen LogP contribution in [0.25, 0.3) is 5.69 Å². The Hall–Kier alpha value is -1.26. The molecule has 0 aliphatic heterocycles. The number of rotatable bonds is 4. The van der Waals surface area contributed by atoms with E-state index >= 15 is 0 Å². The molecule has 1 aromatic carbocycles. The van der Waals surface area contributed by atoms with Gasteiger partial charge in [0.1, 0.15) is 0 Å². The van der Waals surface area contributed by atoms with Crippen LogP contribution in [0.1, 0.15) is 11.1 Å². The van der Waals surface area contributed by atoms with Gasteiger partial charge in [-0.15, -0.1) is 0 Å². The Morgan fingerprint density at radius 1 is 1.35 bits per heavy atom. The van der Waals surface area contributed by atoms with Gasteiger partial charge in [-0.05, 0) is 25.5 Å². The second kappa shape index (κ2) is 5.38. The molecule has 4 heteroatoms. The maximum atomic E-state index is 8.86. The van der Waals surface area contributed by atoms with Gasteiger partial charge >= 0.3 is 0 Å². The number of aryl methyl sites for hydroxylation is 2. The number of aliphatic hydroxyl groups excluding tert-OH is 1. The molecule has 90 valence electrons. The molecule has 0 amide bonds. The predicted molar refractivity (Wildman–Crippen MR) is 70.8 cm³/mol. The van der Waals surface area contributed by atoms with Crippen molar-refractivity contribution in [2.75, 3.05) is 12.4 Å². The topological polar surface area (TPSA) is 38.0 Å². The average Bonchev–Trinajstić information content (AvgIpc) is 2.74. The number of hydrogen-bond acceptors (Lipinski definition) is 3. The number of aromatic nitrogens is 2. The summed E-state index contributed by atoms with van der Waals surface area (Å²) in [5, 5.41) is 9.78. The van der Waals surface area contributed by atoms with Gasteiger partial charge in [-0.3, -0.25) is 4.57 Å². The van der Waals surface area contributed by atoms with E-state index < -0.39 is 0 Å². The molecule has 0 unspecified atom stereocenters. The Balaban J connectivity index is 2.35. The third kappa shape index (κ3) is 2.70. The molecule has 1 heterocycles. The van der Waals surface area contributed by atoms with E-state index in [4.69, 9.17) is 5.11 Å². The molecule has 0 atom stereocenters. The molecular weight excluding hydrogens is 232 g/mol. The lowest BCUT2D eigenvalue weighted by molar-refractivity contribution is 0.322. The molecule has 2 rings (SSSR count). The van der Waals surface area contributed by atoms with Crippen LogP contribution in [0, 0.1) is 13.8 Å². The third-order valence-corrected chi connectivity index (χ3v) is 3.49. The number of hydrogen-bond donors (Lipinski definition) is 1. The van der Waals surface area contributed by atoms with Gasteiger partial charge in [0.05, 0.1) is 12.3 Å². The van der Waals surface area contributed by atoms with Crippen LogP contribution in [0.2, 0.25) is 0 Å². The third-order valence-electron chi connectivity index (χ3n) is 2.54. The molecule has 0 saturated carbocycles.